The van der Waals surface area contributed by atoms with Gasteiger partial charge in [0.25, 0.3) is 11.6 Å². The number of nitrogens with zero attached hydrogens (tertiary/aromatic N) is 2. The van der Waals surface area contributed by atoms with Crippen molar-refractivity contribution in [3.63, 3.8) is 0 Å². The maximum atomic E-state index is 12.6. The van der Waals surface area contributed by atoms with E-state index in [1.807, 2.05) is 44.2 Å². The third-order valence-corrected chi connectivity index (χ3v) is 3.37. The van der Waals surface area contributed by atoms with Gasteiger partial charge in [0.2, 0.25) is 0 Å². The van der Waals surface area contributed by atoms with Crippen molar-refractivity contribution in [1.82, 2.24) is 4.98 Å². The van der Waals surface area contributed by atoms with E-state index in [4.69, 9.17) is 15.2 Å². The molecule has 2 N–H and O–H groups in total. The molecule has 0 saturated carbocycles. The monoisotopic (exact) mass is 317 g/mol. The summed E-state index contributed by atoms with van der Waals surface area (Å²) in [4.78, 5) is 4.40. The smallest absolute Gasteiger partial charge is 0.403 e. The minimum Gasteiger partial charge on any atom is -0.616 e. The number of hydrogen-bond acceptors (Lipinski definition) is 5. The minimum absolute atomic E-state index is 0.106. The van der Waals surface area contributed by atoms with Crippen molar-refractivity contribution in [2.75, 3.05) is 7.11 Å². The van der Waals surface area contributed by atoms with Crippen LogP contribution in [0.25, 0.3) is 0 Å². The Morgan fingerprint density at radius 1 is 1.26 bits per heavy atom. The van der Waals surface area contributed by atoms with Crippen LogP contribution in [0.2, 0.25) is 0 Å². The van der Waals surface area contributed by atoms with Gasteiger partial charge in [0.1, 0.15) is 6.61 Å². The largest absolute Gasteiger partial charge is 0.616 e. The van der Waals surface area contributed by atoms with Crippen LogP contribution in [0, 0.1) is 11.1 Å². The summed E-state index contributed by atoms with van der Waals surface area (Å²) in [7, 11) is 1.44. The highest BCUT2D eigenvalue weighted by molar-refractivity contribution is 5.24. The summed E-state index contributed by atoms with van der Waals surface area (Å²) in [6, 6.07) is 9.74. The summed E-state index contributed by atoms with van der Waals surface area (Å²) in [5.74, 6) is 0.735. The van der Waals surface area contributed by atoms with Crippen LogP contribution < -0.4 is 19.9 Å². The normalized spacial score (nSPS) is 10.8. The van der Waals surface area contributed by atoms with Crippen LogP contribution >= 0.6 is 0 Å². The van der Waals surface area contributed by atoms with Crippen molar-refractivity contribution < 1.29 is 14.2 Å². The number of ether oxygens (including phenoxy) is 2. The van der Waals surface area contributed by atoms with E-state index in [0.29, 0.717) is 30.3 Å². The third kappa shape index (κ3) is 4.10. The lowest BCUT2D eigenvalue weighted by molar-refractivity contribution is -0.622. The Bertz CT molecular complexity index is 645. The molecular weight excluding hydrogens is 294 g/mol. The number of benzene rings is 1. The first-order valence-electron chi connectivity index (χ1n) is 7.62. The summed E-state index contributed by atoms with van der Waals surface area (Å²) >= 11 is 0. The maximum Gasteiger partial charge on any atom is 0.403 e. The van der Waals surface area contributed by atoms with E-state index in [0.717, 1.165) is 10.3 Å². The molecule has 0 fully saturated rings. The van der Waals surface area contributed by atoms with Crippen molar-refractivity contribution >= 4 is 0 Å². The molecule has 0 radical (unpaired) electrons. The summed E-state index contributed by atoms with van der Waals surface area (Å²) < 4.78 is 11.7. The van der Waals surface area contributed by atoms with Gasteiger partial charge >= 0.3 is 5.88 Å². The maximum absolute atomic E-state index is 12.6. The molecule has 0 aliphatic carbocycles. The standard InChI is InChI=1S/C17H23N3O3/c1-12(2)9-15-16(23-11-13-7-5-4-6-8-13)19-14(10-18)17(22-3)20(15)21/h4-8,12H,9-11,18H2,1-3H3. The van der Waals surface area contributed by atoms with E-state index in [1.165, 1.54) is 7.11 Å². The quantitative estimate of drug-likeness (QED) is 0.623. The third-order valence-electron chi connectivity index (χ3n) is 3.37. The first-order chi connectivity index (χ1) is 11.1. The van der Waals surface area contributed by atoms with Gasteiger partial charge in [0.05, 0.1) is 7.11 Å². The van der Waals surface area contributed by atoms with Crippen LogP contribution in [0.3, 0.4) is 0 Å². The van der Waals surface area contributed by atoms with E-state index < -0.39 is 0 Å². The van der Waals surface area contributed by atoms with Crippen molar-refractivity contribution in [1.29, 1.82) is 0 Å². The second kappa shape index (κ2) is 7.78. The zero-order chi connectivity index (χ0) is 16.8. The predicted octanol–water partition coefficient (Wildman–Crippen LogP) is 1.96. The Morgan fingerprint density at radius 2 is 1.96 bits per heavy atom. The van der Waals surface area contributed by atoms with Gasteiger partial charge in [-0.3, -0.25) is 0 Å². The molecule has 0 atom stereocenters. The highest BCUT2D eigenvalue weighted by Gasteiger charge is 2.26. The zero-order valence-electron chi connectivity index (χ0n) is 13.8. The molecule has 23 heavy (non-hydrogen) atoms. The molecule has 2 rings (SSSR count). The molecular formula is C17H23N3O3. The molecule has 2 aromatic rings. The molecule has 0 unspecified atom stereocenters. The van der Waals surface area contributed by atoms with Crippen molar-refractivity contribution in [2.45, 2.75) is 33.4 Å². The van der Waals surface area contributed by atoms with Crippen molar-refractivity contribution in [3.05, 3.63) is 52.5 Å². The van der Waals surface area contributed by atoms with E-state index in [9.17, 15) is 5.21 Å². The molecule has 6 nitrogen and oxygen atoms in total. The Kier molecular flexibility index (Phi) is 5.76. The van der Waals surface area contributed by atoms with Gasteiger partial charge in [-0.25, -0.2) is 4.98 Å². The van der Waals surface area contributed by atoms with Gasteiger partial charge in [0, 0.05) is 13.0 Å². The molecule has 1 aromatic carbocycles. The summed E-state index contributed by atoms with van der Waals surface area (Å²) in [6.45, 7) is 4.51. The van der Waals surface area contributed by atoms with Crippen LogP contribution in [0.15, 0.2) is 30.3 Å². The molecule has 6 heteroatoms. The number of methoxy groups -OCH3 is 1. The van der Waals surface area contributed by atoms with E-state index in [2.05, 4.69) is 4.98 Å². The van der Waals surface area contributed by atoms with Crippen LogP contribution in [0.4, 0.5) is 0 Å². The minimum atomic E-state index is 0.106. The molecule has 1 heterocycles. The molecule has 0 bridgehead atoms. The van der Waals surface area contributed by atoms with Crippen LogP contribution in [-0.2, 0) is 19.6 Å². The highest BCUT2D eigenvalue weighted by Crippen LogP contribution is 2.22. The number of nitrogens with two attached hydrogens (primary N) is 1. The molecule has 0 spiro atoms. The molecule has 124 valence electrons. The Balaban J connectivity index is 2.37. The topological polar surface area (TPSA) is 84.3 Å². The number of hydrogen-bond donors (Lipinski definition) is 1. The molecule has 0 saturated heterocycles. The zero-order valence-corrected chi connectivity index (χ0v) is 13.8. The van der Waals surface area contributed by atoms with Gasteiger partial charge in [-0.2, -0.15) is 0 Å². The van der Waals surface area contributed by atoms with Crippen LogP contribution in [0.5, 0.6) is 11.8 Å². The highest BCUT2D eigenvalue weighted by atomic mass is 16.5. The first-order valence-corrected chi connectivity index (χ1v) is 7.62. The fourth-order valence-corrected chi connectivity index (χ4v) is 2.29. The Labute approximate surface area is 136 Å². The average molecular weight is 317 g/mol. The molecule has 0 aliphatic heterocycles. The van der Waals surface area contributed by atoms with E-state index in [1.54, 1.807) is 0 Å². The lowest BCUT2D eigenvalue weighted by Gasteiger charge is -2.15. The van der Waals surface area contributed by atoms with Gasteiger partial charge in [-0.1, -0.05) is 44.2 Å². The van der Waals surface area contributed by atoms with Crippen molar-refractivity contribution in [2.24, 2.45) is 11.7 Å². The summed E-state index contributed by atoms with van der Waals surface area (Å²) in [5, 5.41) is 12.6. The first kappa shape index (κ1) is 17.0. The van der Waals surface area contributed by atoms with E-state index >= 15 is 0 Å². The summed E-state index contributed by atoms with van der Waals surface area (Å²) in [5.41, 5.74) is 7.53. The van der Waals surface area contributed by atoms with Gasteiger partial charge in [-0.15, -0.1) is 4.73 Å². The van der Waals surface area contributed by atoms with E-state index in [-0.39, 0.29) is 18.3 Å². The van der Waals surface area contributed by atoms with Crippen LogP contribution in [0.1, 0.15) is 30.8 Å². The fourth-order valence-electron chi connectivity index (χ4n) is 2.29. The SMILES string of the molecule is COc1c(CN)nc(OCc2ccccc2)c(CC(C)C)[n+]1[O-]. The lowest BCUT2D eigenvalue weighted by atomic mass is 10.1. The molecule has 0 aliphatic rings. The second-order valence-corrected chi connectivity index (χ2v) is 5.69. The van der Waals surface area contributed by atoms with Gasteiger partial charge in [-0.05, 0) is 11.5 Å². The van der Waals surface area contributed by atoms with Crippen molar-refractivity contribution in [3.8, 4) is 11.8 Å². The molecule has 0 amide bonds. The Hall–Kier alpha value is -2.34. The van der Waals surface area contributed by atoms with Crippen LogP contribution in [-0.4, -0.2) is 12.1 Å². The fraction of sp³-hybridized carbons (Fsp3) is 0.412. The van der Waals surface area contributed by atoms with Gasteiger partial charge < -0.3 is 20.4 Å². The lowest BCUT2D eigenvalue weighted by Crippen LogP contribution is -2.37. The summed E-state index contributed by atoms with van der Waals surface area (Å²) in [6.07, 6.45) is 0.543. The number of rotatable bonds is 7. The average Bonchev–Trinajstić information content (AvgIpc) is 2.55. The Morgan fingerprint density at radius 3 is 2.52 bits per heavy atom. The van der Waals surface area contributed by atoms with Gasteiger partial charge in [0.15, 0.2) is 5.69 Å². The predicted molar refractivity (Wildman–Crippen MR) is 87.0 cm³/mol. The number of aromatic nitrogens is 2. The second-order valence-electron chi connectivity index (χ2n) is 5.69. The molecule has 1 aromatic heterocycles.